The van der Waals surface area contributed by atoms with Gasteiger partial charge in [-0.1, -0.05) is 0 Å². The molecule has 0 aromatic heterocycles. The Bertz CT molecular complexity index is 108. The minimum absolute atomic E-state index is 0.495. The molecule has 1 saturated carbocycles. The lowest BCUT2D eigenvalue weighted by molar-refractivity contribution is 0.378. The lowest BCUT2D eigenvalue weighted by Crippen LogP contribution is -2.24. The molecular formula is C9H20N2. The second-order valence-corrected chi connectivity index (χ2v) is 3.95. The number of hydrogen-bond acceptors (Lipinski definition) is 2. The minimum Gasteiger partial charge on any atom is -0.327 e. The summed E-state index contributed by atoms with van der Waals surface area (Å²) in [6, 6.07) is 0.495. The normalized spacial score (nSPS) is 20.7. The molecule has 0 aromatic rings. The van der Waals surface area contributed by atoms with E-state index in [0.29, 0.717) is 6.04 Å². The third-order valence-electron chi connectivity index (χ3n) is 2.37. The van der Waals surface area contributed by atoms with Crippen molar-refractivity contribution in [3.05, 3.63) is 0 Å². The van der Waals surface area contributed by atoms with E-state index in [1.54, 1.807) is 0 Å². The van der Waals surface area contributed by atoms with Crippen molar-refractivity contribution in [2.45, 2.75) is 31.7 Å². The van der Waals surface area contributed by atoms with Gasteiger partial charge >= 0.3 is 0 Å². The molecule has 0 saturated heterocycles. The fourth-order valence-electron chi connectivity index (χ4n) is 1.40. The van der Waals surface area contributed by atoms with Gasteiger partial charge in [-0.2, -0.15) is 0 Å². The Morgan fingerprint density at radius 3 is 2.55 bits per heavy atom. The van der Waals surface area contributed by atoms with Gasteiger partial charge in [0, 0.05) is 6.04 Å². The molecule has 1 atom stereocenters. The largest absolute Gasteiger partial charge is 0.327 e. The van der Waals surface area contributed by atoms with Crippen molar-refractivity contribution in [1.82, 2.24) is 4.90 Å². The molecule has 11 heavy (non-hydrogen) atoms. The summed E-state index contributed by atoms with van der Waals surface area (Å²) < 4.78 is 0. The lowest BCUT2D eigenvalue weighted by atomic mass is 10.1. The first-order valence-electron chi connectivity index (χ1n) is 4.60. The van der Waals surface area contributed by atoms with Crippen molar-refractivity contribution >= 4 is 0 Å². The molecule has 2 heteroatoms. The summed E-state index contributed by atoms with van der Waals surface area (Å²) in [4.78, 5) is 2.22. The van der Waals surface area contributed by atoms with Gasteiger partial charge in [-0.15, -0.1) is 0 Å². The van der Waals surface area contributed by atoms with E-state index < -0.39 is 0 Å². The summed E-state index contributed by atoms with van der Waals surface area (Å²) in [5.41, 5.74) is 5.95. The molecule has 1 rings (SSSR count). The first-order valence-corrected chi connectivity index (χ1v) is 4.60. The van der Waals surface area contributed by atoms with E-state index in [9.17, 15) is 0 Å². The van der Waals surface area contributed by atoms with E-state index in [1.165, 1.54) is 32.2 Å². The predicted molar refractivity (Wildman–Crippen MR) is 48.5 cm³/mol. The summed E-state index contributed by atoms with van der Waals surface area (Å²) >= 11 is 0. The van der Waals surface area contributed by atoms with E-state index in [2.05, 4.69) is 19.0 Å². The van der Waals surface area contributed by atoms with E-state index >= 15 is 0 Å². The van der Waals surface area contributed by atoms with Gasteiger partial charge in [-0.25, -0.2) is 0 Å². The first kappa shape index (κ1) is 9.01. The second kappa shape index (κ2) is 4.07. The number of hydrogen-bond donors (Lipinski definition) is 1. The van der Waals surface area contributed by atoms with Crippen LogP contribution in [0.25, 0.3) is 0 Å². The first-order chi connectivity index (χ1) is 5.20. The van der Waals surface area contributed by atoms with Gasteiger partial charge in [0.15, 0.2) is 0 Å². The van der Waals surface area contributed by atoms with Crippen LogP contribution in [0.2, 0.25) is 0 Å². The van der Waals surface area contributed by atoms with Crippen LogP contribution in [0.3, 0.4) is 0 Å². The minimum atomic E-state index is 0.495. The maximum absolute atomic E-state index is 5.95. The second-order valence-electron chi connectivity index (χ2n) is 3.95. The highest BCUT2D eigenvalue weighted by atomic mass is 15.0. The fourth-order valence-corrected chi connectivity index (χ4v) is 1.40. The fraction of sp³-hybridized carbons (Fsp3) is 1.00. The summed E-state index contributed by atoms with van der Waals surface area (Å²) in [6.07, 6.45) is 5.22. The van der Waals surface area contributed by atoms with Crippen molar-refractivity contribution in [3.63, 3.8) is 0 Å². The maximum Gasteiger partial charge on any atom is 0.00676 e. The van der Waals surface area contributed by atoms with Gasteiger partial charge in [0.1, 0.15) is 0 Å². The van der Waals surface area contributed by atoms with Gasteiger partial charge < -0.3 is 10.6 Å². The summed E-state index contributed by atoms with van der Waals surface area (Å²) in [7, 11) is 4.23. The zero-order valence-electron chi connectivity index (χ0n) is 7.71. The predicted octanol–water partition coefficient (Wildman–Crippen LogP) is 1.07. The Balaban J connectivity index is 1.93. The highest BCUT2D eigenvalue weighted by Gasteiger charge is 2.27. The molecule has 0 bridgehead atoms. The molecule has 0 aromatic carbocycles. The Hall–Kier alpha value is -0.0800. The van der Waals surface area contributed by atoms with Crippen molar-refractivity contribution < 1.29 is 0 Å². The van der Waals surface area contributed by atoms with Crippen LogP contribution in [0.5, 0.6) is 0 Å². The lowest BCUT2D eigenvalue weighted by Gasteiger charge is -2.12. The quantitative estimate of drug-likeness (QED) is 0.645. The molecule has 1 fully saturated rings. The molecule has 2 N–H and O–H groups in total. The number of nitrogens with two attached hydrogens (primary N) is 1. The van der Waals surface area contributed by atoms with E-state index in [0.717, 1.165) is 5.92 Å². The van der Waals surface area contributed by atoms with Crippen LogP contribution in [0.4, 0.5) is 0 Å². The molecule has 0 spiro atoms. The standard InChI is InChI=1S/C9H20N2/c1-11(2)7-3-4-9(10)8-5-6-8/h8-9H,3-7,10H2,1-2H3. The van der Waals surface area contributed by atoms with Crippen molar-refractivity contribution in [3.8, 4) is 0 Å². The molecule has 66 valence electrons. The molecule has 0 aliphatic heterocycles. The molecule has 2 nitrogen and oxygen atoms in total. The van der Waals surface area contributed by atoms with Crippen LogP contribution in [0, 0.1) is 5.92 Å². The summed E-state index contributed by atoms with van der Waals surface area (Å²) in [5, 5.41) is 0. The monoisotopic (exact) mass is 156 g/mol. The van der Waals surface area contributed by atoms with Gasteiger partial charge in [-0.3, -0.25) is 0 Å². The Morgan fingerprint density at radius 2 is 2.09 bits per heavy atom. The molecular weight excluding hydrogens is 136 g/mol. The highest BCUT2D eigenvalue weighted by Crippen LogP contribution is 2.33. The Labute approximate surface area is 69.8 Å². The molecule has 1 aliphatic carbocycles. The zero-order valence-corrected chi connectivity index (χ0v) is 7.71. The van der Waals surface area contributed by atoms with Crippen LogP contribution in [0.15, 0.2) is 0 Å². The topological polar surface area (TPSA) is 29.3 Å². The summed E-state index contributed by atoms with van der Waals surface area (Å²) in [5.74, 6) is 0.872. The van der Waals surface area contributed by atoms with Gasteiger partial charge in [0.25, 0.3) is 0 Å². The Kier molecular flexibility index (Phi) is 3.34. The molecule has 1 aliphatic rings. The zero-order chi connectivity index (χ0) is 8.27. The molecule has 0 radical (unpaired) electrons. The number of rotatable bonds is 5. The smallest absolute Gasteiger partial charge is 0.00676 e. The number of nitrogens with zero attached hydrogens (tertiary/aromatic N) is 1. The van der Waals surface area contributed by atoms with Gasteiger partial charge in [-0.05, 0) is 52.2 Å². The highest BCUT2D eigenvalue weighted by molar-refractivity contribution is 4.83. The van der Waals surface area contributed by atoms with Gasteiger partial charge in [0.05, 0.1) is 0 Å². The van der Waals surface area contributed by atoms with Gasteiger partial charge in [0.2, 0.25) is 0 Å². The third kappa shape index (κ3) is 3.73. The summed E-state index contributed by atoms with van der Waals surface area (Å²) in [6.45, 7) is 1.18. The van der Waals surface area contributed by atoms with Crippen LogP contribution in [0.1, 0.15) is 25.7 Å². The van der Waals surface area contributed by atoms with Crippen LogP contribution in [-0.4, -0.2) is 31.6 Å². The van der Waals surface area contributed by atoms with E-state index in [4.69, 9.17) is 5.73 Å². The maximum atomic E-state index is 5.95. The average Bonchev–Trinajstić information content (AvgIpc) is 2.66. The molecule has 0 amide bonds. The van der Waals surface area contributed by atoms with Crippen molar-refractivity contribution in [2.75, 3.05) is 20.6 Å². The third-order valence-corrected chi connectivity index (χ3v) is 2.37. The SMILES string of the molecule is CN(C)CCCC(N)C1CC1. The van der Waals surface area contributed by atoms with Crippen LogP contribution in [-0.2, 0) is 0 Å². The average molecular weight is 156 g/mol. The van der Waals surface area contributed by atoms with Crippen LogP contribution >= 0.6 is 0 Å². The van der Waals surface area contributed by atoms with Crippen molar-refractivity contribution in [1.29, 1.82) is 0 Å². The molecule has 0 heterocycles. The van der Waals surface area contributed by atoms with E-state index in [-0.39, 0.29) is 0 Å². The van der Waals surface area contributed by atoms with E-state index in [1.807, 2.05) is 0 Å². The molecule has 1 unspecified atom stereocenters. The van der Waals surface area contributed by atoms with Crippen LogP contribution < -0.4 is 5.73 Å². The van der Waals surface area contributed by atoms with Crippen molar-refractivity contribution in [2.24, 2.45) is 11.7 Å². The Morgan fingerprint density at radius 1 is 1.45 bits per heavy atom.